The number of fused-ring (bicyclic) bond motifs is 1. The number of hydrogen-bond donors (Lipinski definition) is 1. The zero-order chi connectivity index (χ0) is 17.3. The van der Waals surface area contributed by atoms with Crippen molar-refractivity contribution in [3.05, 3.63) is 64.7 Å². The highest BCUT2D eigenvalue weighted by Gasteiger charge is 2.22. The Balaban J connectivity index is 1.75. The quantitative estimate of drug-likeness (QED) is 0.941. The van der Waals surface area contributed by atoms with E-state index in [-0.39, 0.29) is 17.9 Å². The van der Waals surface area contributed by atoms with Gasteiger partial charge in [0.2, 0.25) is 5.91 Å². The number of nitrogens with one attached hydrogen (secondary N) is 1. The van der Waals surface area contributed by atoms with Gasteiger partial charge < -0.3 is 10.2 Å². The molecule has 124 valence electrons. The molecule has 0 spiro atoms. The molecular formula is C18H16F2N2O2. The van der Waals surface area contributed by atoms with E-state index in [1.54, 1.807) is 30.1 Å². The van der Waals surface area contributed by atoms with Crippen molar-refractivity contribution in [2.75, 3.05) is 18.9 Å². The molecule has 0 radical (unpaired) electrons. The molecule has 0 aromatic heterocycles. The van der Waals surface area contributed by atoms with Crippen molar-refractivity contribution >= 4 is 17.5 Å². The second kappa shape index (κ2) is 6.39. The smallest absolute Gasteiger partial charge is 0.253 e. The maximum absolute atomic E-state index is 13.6. The largest absolute Gasteiger partial charge is 0.341 e. The number of rotatable bonds is 3. The zero-order valence-electron chi connectivity index (χ0n) is 13.1. The van der Waals surface area contributed by atoms with Crippen molar-refractivity contribution in [1.82, 2.24) is 4.90 Å². The fourth-order valence-corrected chi connectivity index (χ4v) is 2.73. The van der Waals surface area contributed by atoms with Crippen LogP contribution in [0.3, 0.4) is 0 Å². The molecule has 2 amide bonds. The first-order valence-corrected chi connectivity index (χ1v) is 7.57. The van der Waals surface area contributed by atoms with Gasteiger partial charge in [0.25, 0.3) is 5.91 Å². The van der Waals surface area contributed by atoms with E-state index in [1.165, 1.54) is 12.1 Å². The summed E-state index contributed by atoms with van der Waals surface area (Å²) in [5.41, 5.74) is 1.94. The van der Waals surface area contributed by atoms with Crippen molar-refractivity contribution in [2.24, 2.45) is 0 Å². The number of benzene rings is 2. The van der Waals surface area contributed by atoms with Crippen LogP contribution in [0.25, 0.3) is 0 Å². The maximum atomic E-state index is 13.6. The van der Waals surface area contributed by atoms with Crippen LogP contribution < -0.4 is 5.32 Å². The molecular weight excluding hydrogens is 314 g/mol. The molecule has 1 aliphatic rings. The van der Waals surface area contributed by atoms with Gasteiger partial charge in [-0.2, -0.15) is 0 Å². The predicted molar refractivity (Wildman–Crippen MR) is 85.8 cm³/mol. The van der Waals surface area contributed by atoms with E-state index in [1.807, 2.05) is 0 Å². The Morgan fingerprint density at radius 2 is 2.04 bits per heavy atom. The highest BCUT2D eigenvalue weighted by atomic mass is 19.2. The summed E-state index contributed by atoms with van der Waals surface area (Å²) in [5.74, 6) is -2.57. The second-order valence-electron chi connectivity index (χ2n) is 5.79. The van der Waals surface area contributed by atoms with Gasteiger partial charge in [-0.25, -0.2) is 8.78 Å². The molecule has 0 bridgehead atoms. The normalized spacial score (nSPS) is 13.6. The van der Waals surface area contributed by atoms with Crippen molar-refractivity contribution < 1.29 is 18.4 Å². The molecule has 0 saturated heterocycles. The number of carbonyl (C=O) groups is 2. The Hall–Kier alpha value is -2.76. The summed E-state index contributed by atoms with van der Waals surface area (Å²) in [5, 5.41) is 2.62. The predicted octanol–water partition coefficient (Wildman–Crippen LogP) is 2.77. The summed E-state index contributed by atoms with van der Waals surface area (Å²) in [7, 11) is 1.73. The van der Waals surface area contributed by atoms with E-state index >= 15 is 0 Å². The summed E-state index contributed by atoms with van der Waals surface area (Å²) in [6, 6.07) is 8.85. The van der Waals surface area contributed by atoms with Gasteiger partial charge in [0.1, 0.15) is 0 Å². The van der Waals surface area contributed by atoms with E-state index < -0.39 is 17.5 Å². The Labute approximate surface area is 138 Å². The summed E-state index contributed by atoms with van der Waals surface area (Å²) >= 11 is 0. The van der Waals surface area contributed by atoms with Gasteiger partial charge in [-0.15, -0.1) is 0 Å². The highest BCUT2D eigenvalue weighted by molar-refractivity contribution is 5.99. The number of halogens is 2. The Kier molecular flexibility index (Phi) is 4.29. The molecule has 0 saturated carbocycles. The maximum Gasteiger partial charge on any atom is 0.253 e. The molecule has 0 atom stereocenters. The molecule has 1 N–H and O–H groups in total. The van der Waals surface area contributed by atoms with Crippen molar-refractivity contribution in [3.8, 4) is 0 Å². The van der Waals surface area contributed by atoms with Crippen LogP contribution in [-0.2, 0) is 17.6 Å². The highest BCUT2D eigenvalue weighted by Crippen LogP contribution is 2.22. The molecule has 24 heavy (non-hydrogen) atoms. The lowest BCUT2D eigenvalue weighted by Crippen LogP contribution is -2.34. The van der Waals surface area contributed by atoms with E-state index in [0.717, 1.165) is 18.1 Å². The average molecular weight is 330 g/mol. The molecule has 1 heterocycles. The third kappa shape index (κ3) is 3.13. The molecule has 0 fully saturated rings. The average Bonchev–Trinajstić information content (AvgIpc) is 2.56. The molecule has 1 aliphatic heterocycles. The minimum Gasteiger partial charge on any atom is -0.341 e. The lowest BCUT2D eigenvalue weighted by molar-refractivity contribution is -0.115. The number of anilines is 1. The first-order chi connectivity index (χ1) is 11.5. The minimum absolute atomic E-state index is 0.0127. The monoisotopic (exact) mass is 330 g/mol. The van der Waals surface area contributed by atoms with Crippen LogP contribution in [-0.4, -0.2) is 30.3 Å². The van der Waals surface area contributed by atoms with Gasteiger partial charge in [-0.05, 0) is 30.2 Å². The lowest BCUT2D eigenvalue weighted by Gasteiger charge is -2.25. The SMILES string of the molecule is CN1CCc2ccc(NC(=O)Cc3cccc(F)c3F)cc2C1=O. The van der Waals surface area contributed by atoms with Gasteiger partial charge in [-0.3, -0.25) is 9.59 Å². The number of amides is 2. The van der Waals surface area contributed by atoms with Crippen LogP contribution in [0.5, 0.6) is 0 Å². The van der Waals surface area contributed by atoms with E-state index in [4.69, 9.17) is 0 Å². The fraction of sp³-hybridized carbons (Fsp3) is 0.222. The third-order valence-electron chi connectivity index (χ3n) is 4.07. The fourth-order valence-electron chi connectivity index (χ4n) is 2.73. The molecule has 4 nitrogen and oxygen atoms in total. The molecule has 6 heteroatoms. The summed E-state index contributed by atoms with van der Waals surface area (Å²) < 4.78 is 26.8. The molecule has 3 rings (SSSR count). The number of likely N-dealkylation sites (N-methyl/N-ethyl adjacent to an activating group) is 1. The van der Waals surface area contributed by atoms with Crippen LogP contribution in [0, 0.1) is 11.6 Å². The van der Waals surface area contributed by atoms with Crippen LogP contribution in [0.15, 0.2) is 36.4 Å². The van der Waals surface area contributed by atoms with Gasteiger partial charge in [0.15, 0.2) is 11.6 Å². The van der Waals surface area contributed by atoms with Gasteiger partial charge in [0, 0.05) is 30.4 Å². The summed E-state index contributed by atoms with van der Waals surface area (Å²) in [6.07, 6.45) is 0.481. The Bertz CT molecular complexity index is 821. The Morgan fingerprint density at radius 1 is 1.25 bits per heavy atom. The van der Waals surface area contributed by atoms with E-state index in [9.17, 15) is 18.4 Å². The first-order valence-electron chi connectivity index (χ1n) is 7.57. The number of carbonyl (C=O) groups excluding carboxylic acids is 2. The molecule has 2 aromatic carbocycles. The molecule has 0 aliphatic carbocycles. The van der Waals surface area contributed by atoms with E-state index in [0.29, 0.717) is 17.8 Å². The molecule has 0 unspecified atom stereocenters. The topological polar surface area (TPSA) is 49.4 Å². The minimum atomic E-state index is -1.02. The van der Waals surface area contributed by atoms with Crippen LogP contribution in [0.4, 0.5) is 14.5 Å². The number of hydrogen-bond acceptors (Lipinski definition) is 2. The zero-order valence-corrected chi connectivity index (χ0v) is 13.1. The molecule has 2 aromatic rings. The van der Waals surface area contributed by atoms with Crippen molar-refractivity contribution in [3.63, 3.8) is 0 Å². The van der Waals surface area contributed by atoms with Crippen LogP contribution in [0.1, 0.15) is 21.5 Å². The second-order valence-corrected chi connectivity index (χ2v) is 5.79. The summed E-state index contributed by atoms with van der Waals surface area (Å²) in [4.78, 5) is 25.8. The standard InChI is InChI=1S/C18H16F2N2O2/c1-22-8-7-11-5-6-13(10-14(11)18(22)24)21-16(23)9-12-3-2-4-15(19)17(12)20/h2-6,10H,7-9H2,1H3,(H,21,23). The summed E-state index contributed by atoms with van der Waals surface area (Å²) in [6.45, 7) is 0.663. The van der Waals surface area contributed by atoms with Crippen molar-refractivity contribution in [1.29, 1.82) is 0 Å². The van der Waals surface area contributed by atoms with Gasteiger partial charge in [0.05, 0.1) is 6.42 Å². The Morgan fingerprint density at radius 3 is 2.83 bits per heavy atom. The van der Waals surface area contributed by atoms with Gasteiger partial charge >= 0.3 is 0 Å². The van der Waals surface area contributed by atoms with Crippen molar-refractivity contribution in [2.45, 2.75) is 12.8 Å². The number of nitrogens with zero attached hydrogens (tertiary/aromatic N) is 1. The van der Waals surface area contributed by atoms with Crippen LogP contribution >= 0.6 is 0 Å². The first kappa shape index (κ1) is 16.1. The van der Waals surface area contributed by atoms with Crippen LogP contribution in [0.2, 0.25) is 0 Å². The van der Waals surface area contributed by atoms with Gasteiger partial charge in [-0.1, -0.05) is 18.2 Å². The third-order valence-corrected chi connectivity index (χ3v) is 4.07. The van der Waals surface area contributed by atoms with E-state index in [2.05, 4.69) is 5.32 Å². The lowest BCUT2D eigenvalue weighted by atomic mass is 9.98.